The van der Waals surface area contributed by atoms with E-state index in [2.05, 4.69) is 10.3 Å². The van der Waals surface area contributed by atoms with E-state index in [1.807, 2.05) is 34.1 Å². The molecule has 0 saturated carbocycles. The SMILES string of the molecule is CC(=O)N1CC2(CCN(C(=O)c3cscn3)CC2)Nc2ccccc21. The average molecular weight is 356 g/mol. The van der Waals surface area contributed by atoms with Gasteiger partial charge < -0.3 is 15.1 Å². The molecular weight excluding hydrogens is 336 g/mol. The zero-order valence-corrected chi connectivity index (χ0v) is 14.9. The minimum absolute atomic E-state index is 0.00395. The summed E-state index contributed by atoms with van der Waals surface area (Å²) in [5.41, 5.74) is 3.94. The molecule has 0 unspecified atom stereocenters. The summed E-state index contributed by atoms with van der Waals surface area (Å²) in [5.74, 6) is 0.0463. The monoisotopic (exact) mass is 356 g/mol. The lowest BCUT2D eigenvalue weighted by molar-refractivity contribution is -0.116. The summed E-state index contributed by atoms with van der Waals surface area (Å²) in [6.07, 6.45) is 1.61. The molecule has 2 amide bonds. The fourth-order valence-corrected chi connectivity index (χ4v) is 4.24. The number of rotatable bonds is 1. The second-order valence-electron chi connectivity index (χ2n) is 6.69. The molecule has 0 atom stereocenters. The van der Waals surface area contributed by atoms with E-state index in [-0.39, 0.29) is 17.4 Å². The number of nitrogens with one attached hydrogen (secondary N) is 1. The molecular formula is C18H20N4O2S. The molecule has 0 bridgehead atoms. The van der Waals surface area contributed by atoms with Crippen LogP contribution in [0.25, 0.3) is 0 Å². The van der Waals surface area contributed by atoms with Gasteiger partial charge in [-0.2, -0.15) is 0 Å². The first-order chi connectivity index (χ1) is 12.1. The van der Waals surface area contributed by atoms with Crippen molar-refractivity contribution in [3.8, 4) is 0 Å². The van der Waals surface area contributed by atoms with Gasteiger partial charge in [0.05, 0.1) is 22.4 Å². The van der Waals surface area contributed by atoms with Crippen molar-refractivity contribution in [2.75, 3.05) is 29.9 Å². The predicted molar refractivity (Wildman–Crippen MR) is 98.1 cm³/mol. The van der Waals surface area contributed by atoms with Crippen molar-refractivity contribution in [1.29, 1.82) is 0 Å². The molecule has 1 N–H and O–H groups in total. The lowest BCUT2D eigenvalue weighted by Gasteiger charge is -2.48. The lowest BCUT2D eigenvalue weighted by Crippen LogP contribution is -2.59. The van der Waals surface area contributed by atoms with Crippen LogP contribution >= 0.6 is 11.3 Å². The molecule has 2 aromatic rings. The lowest BCUT2D eigenvalue weighted by atomic mass is 9.84. The van der Waals surface area contributed by atoms with Crippen LogP contribution in [0.5, 0.6) is 0 Å². The molecule has 1 fully saturated rings. The van der Waals surface area contributed by atoms with E-state index < -0.39 is 0 Å². The van der Waals surface area contributed by atoms with Gasteiger partial charge in [0.2, 0.25) is 5.91 Å². The zero-order valence-electron chi connectivity index (χ0n) is 14.1. The van der Waals surface area contributed by atoms with Gasteiger partial charge in [0.15, 0.2) is 0 Å². The van der Waals surface area contributed by atoms with Crippen molar-refractivity contribution < 1.29 is 9.59 Å². The Kier molecular flexibility index (Phi) is 3.95. The summed E-state index contributed by atoms with van der Waals surface area (Å²) in [5, 5.41) is 5.44. The number of amides is 2. The zero-order chi connectivity index (χ0) is 17.4. The van der Waals surface area contributed by atoms with Crippen LogP contribution in [0.3, 0.4) is 0 Å². The van der Waals surface area contributed by atoms with Gasteiger partial charge >= 0.3 is 0 Å². The number of nitrogens with zero attached hydrogens (tertiary/aromatic N) is 3. The number of hydrogen-bond donors (Lipinski definition) is 1. The smallest absolute Gasteiger partial charge is 0.273 e. The van der Waals surface area contributed by atoms with Crippen LogP contribution in [0, 0.1) is 0 Å². The number of carbonyl (C=O) groups excluding carboxylic acids is 2. The van der Waals surface area contributed by atoms with Crippen molar-refractivity contribution in [3.05, 3.63) is 40.8 Å². The van der Waals surface area contributed by atoms with Crippen LogP contribution in [-0.2, 0) is 4.79 Å². The first-order valence-corrected chi connectivity index (χ1v) is 9.35. The summed E-state index contributed by atoms with van der Waals surface area (Å²) in [4.78, 5) is 32.5. The molecule has 2 aliphatic heterocycles. The van der Waals surface area contributed by atoms with E-state index in [1.165, 1.54) is 11.3 Å². The summed E-state index contributed by atoms with van der Waals surface area (Å²) in [6.45, 7) is 3.57. The summed E-state index contributed by atoms with van der Waals surface area (Å²) in [7, 11) is 0. The Morgan fingerprint density at radius 3 is 2.68 bits per heavy atom. The molecule has 0 aliphatic carbocycles. The Morgan fingerprint density at radius 1 is 1.24 bits per heavy atom. The van der Waals surface area contributed by atoms with Crippen LogP contribution in [0.15, 0.2) is 35.2 Å². The number of anilines is 2. The fraction of sp³-hybridized carbons (Fsp3) is 0.389. The number of piperidine rings is 1. The van der Waals surface area contributed by atoms with E-state index >= 15 is 0 Å². The Hall–Kier alpha value is -2.41. The highest BCUT2D eigenvalue weighted by Gasteiger charge is 2.42. The molecule has 25 heavy (non-hydrogen) atoms. The second kappa shape index (κ2) is 6.15. The molecule has 1 aromatic carbocycles. The molecule has 1 spiro atoms. The largest absolute Gasteiger partial charge is 0.376 e. The number of likely N-dealkylation sites (tertiary alicyclic amines) is 1. The van der Waals surface area contributed by atoms with Gasteiger partial charge in [-0.3, -0.25) is 9.59 Å². The Bertz CT molecular complexity index is 797. The number of aromatic nitrogens is 1. The van der Waals surface area contributed by atoms with Crippen LogP contribution in [0.4, 0.5) is 11.4 Å². The first kappa shape index (κ1) is 16.1. The highest BCUT2D eigenvalue weighted by atomic mass is 32.1. The van der Waals surface area contributed by atoms with Gasteiger partial charge in [-0.05, 0) is 25.0 Å². The Morgan fingerprint density at radius 2 is 2.00 bits per heavy atom. The van der Waals surface area contributed by atoms with Gasteiger partial charge in [0.1, 0.15) is 5.69 Å². The number of carbonyl (C=O) groups is 2. The minimum Gasteiger partial charge on any atom is -0.376 e. The van der Waals surface area contributed by atoms with Crippen molar-refractivity contribution in [2.24, 2.45) is 0 Å². The molecule has 1 saturated heterocycles. The number of benzene rings is 1. The third-order valence-electron chi connectivity index (χ3n) is 5.09. The molecule has 130 valence electrons. The van der Waals surface area contributed by atoms with E-state index in [4.69, 9.17) is 0 Å². The van der Waals surface area contributed by atoms with Crippen molar-refractivity contribution in [2.45, 2.75) is 25.3 Å². The third-order valence-corrected chi connectivity index (χ3v) is 5.68. The van der Waals surface area contributed by atoms with Gasteiger partial charge in [0.25, 0.3) is 5.91 Å². The highest BCUT2D eigenvalue weighted by Crippen LogP contribution is 2.39. The van der Waals surface area contributed by atoms with Gasteiger partial charge in [-0.1, -0.05) is 12.1 Å². The second-order valence-corrected chi connectivity index (χ2v) is 7.41. The maximum absolute atomic E-state index is 12.5. The Balaban J connectivity index is 1.53. The maximum Gasteiger partial charge on any atom is 0.273 e. The van der Waals surface area contributed by atoms with E-state index in [1.54, 1.807) is 17.8 Å². The van der Waals surface area contributed by atoms with Crippen molar-refractivity contribution in [1.82, 2.24) is 9.88 Å². The van der Waals surface area contributed by atoms with Gasteiger partial charge in [0, 0.05) is 31.9 Å². The summed E-state index contributed by atoms with van der Waals surface area (Å²) >= 11 is 1.43. The van der Waals surface area contributed by atoms with E-state index in [0.717, 1.165) is 24.2 Å². The number of para-hydroxylation sites is 2. The third kappa shape index (κ3) is 2.89. The number of hydrogen-bond acceptors (Lipinski definition) is 5. The molecule has 3 heterocycles. The first-order valence-electron chi connectivity index (χ1n) is 8.41. The number of thiazole rings is 1. The van der Waals surface area contributed by atoms with Gasteiger partial charge in [-0.25, -0.2) is 4.98 Å². The molecule has 0 radical (unpaired) electrons. The fourth-order valence-electron chi connectivity index (χ4n) is 3.71. The van der Waals surface area contributed by atoms with Crippen LogP contribution in [0.2, 0.25) is 0 Å². The maximum atomic E-state index is 12.5. The van der Waals surface area contributed by atoms with Crippen molar-refractivity contribution >= 4 is 34.5 Å². The van der Waals surface area contributed by atoms with Crippen molar-refractivity contribution in [3.63, 3.8) is 0 Å². The number of fused-ring (bicyclic) bond motifs is 1. The standard InChI is InChI=1S/C18H20N4O2S/c1-13(23)22-11-18(20-14-4-2-3-5-16(14)22)6-8-21(9-7-18)17(24)15-10-25-12-19-15/h2-5,10,12,20H,6-9,11H2,1H3. The molecule has 7 heteroatoms. The Labute approximate surface area is 150 Å². The minimum atomic E-state index is -0.182. The highest BCUT2D eigenvalue weighted by molar-refractivity contribution is 7.07. The van der Waals surface area contributed by atoms with Crippen LogP contribution < -0.4 is 10.2 Å². The van der Waals surface area contributed by atoms with Crippen LogP contribution in [0.1, 0.15) is 30.3 Å². The van der Waals surface area contributed by atoms with Gasteiger partial charge in [-0.15, -0.1) is 11.3 Å². The van der Waals surface area contributed by atoms with E-state index in [9.17, 15) is 9.59 Å². The quantitative estimate of drug-likeness (QED) is 0.853. The average Bonchev–Trinajstić information content (AvgIpc) is 3.16. The predicted octanol–water partition coefficient (Wildman–Crippen LogP) is 2.60. The topological polar surface area (TPSA) is 65.5 Å². The molecule has 4 rings (SSSR count). The van der Waals surface area contributed by atoms with Crippen LogP contribution in [-0.4, -0.2) is 46.9 Å². The summed E-state index contributed by atoms with van der Waals surface area (Å²) < 4.78 is 0. The summed E-state index contributed by atoms with van der Waals surface area (Å²) in [6, 6.07) is 7.91. The molecule has 1 aromatic heterocycles. The molecule has 2 aliphatic rings. The molecule has 6 nitrogen and oxygen atoms in total. The van der Waals surface area contributed by atoms with E-state index in [0.29, 0.717) is 25.3 Å². The normalized spacial score (nSPS) is 18.6.